The SMILES string of the molecule is O=C(CNC(=O)c1cc2c(nc3sccn32)s1)OCc1ccccc1. The van der Waals surface area contributed by atoms with Crippen LogP contribution in [0.4, 0.5) is 0 Å². The first-order valence-electron chi connectivity index (χ1n) is 7.53. The predicted molar refractivity (Wildman–Crippen MR) is 97.0 cm³/mol. The van der Waals surface area contributed by atoms with Crippen molar-refractivity contribution in [3.8, 4) is 0 Å². The summed E-state index contributed by atoms with van der Waals surface area (Å²) >= 11 is 2.85. The van der Waals surface area contributed by atoms with Crippen LogP contribution in [-0.2, 0) is 16.1 Å². The van der Waals surface area contributed by atoms with Crippen molar-refractivity contribution in [3.05, 3.63) is 58.4 Å². The van der Waals surface area contributed by atoms with Crippen LogP contribution in [-0.4, -0.2) is 27.8 Å². The number of thiophene rings is 1. The first kappa shape index (κ1) is 15.8. The van der Waals surface area contributed by atoms with Crippen LogP contribution in [0.5, 0.6) is 0 Å². The van der Waals surface area contributed by atoms with E-state index in [2.05, 4.69) is 10.3 Å². The zero-order valence-electron chi connectivity index (χ0n) is 13.0. The molecule has 0 bridgehead atoms. The fraction of sp³-hybridized carbons (Fsp3) is 0.118. The summed E-state index contributed by atoms with van der Waals surface area (Å²) in [5.74, 6) is -0.774. The summed E-state index contributed by atoms with van der Waals surface area (Å²) in [6.07, 6.45) is 1.92. The van der Waals surface area contributed by atoms with Crippen molar-refractivity contribution in [2.75, 3.05) is 6.54 Å². The molecule has 0 unspecified atom stereocenters. The monoisotopic (exact) mass is 371 g/mol. The Morgan fingerprint density at radius 1 is 1.24 bits per heavy atom. The number of nitrogens with zero attached hydrogens (tertiary/aromatic N) is 2. The van der Waals surface area contributed by atoms with Crippen LogP contribution in [0.1, 0.15) is 15.2 Å². The van der Waals surface area contributed by atoms with Gasteiger partial charge in [-0.2, -0.15) is 0 Å². The highest BCUT2D eigenvalue weighted by atomic mass is 32.1. The van der Waals surface area contributed by atoms with Gasteiger partial charge in [0.15, 0.2) is 4.96 Å². The van der Waals surface area contributed by atoms with E-state index in [4.69, 9.17) is 4.74 Å². The minimum Gasteiger partial charge on any atom is -0.460 e. The summed E-state index contributed by atoms with van der Waals surface area (Å²) < 4.78 is 7.09. The Bertz CT molecular complexity index is 1050. The number of aromatic nitrogens is 2. The number of amides is 1. The first-order chi connectivity index (χ1) is 12.2. The minimum absolute atomic E-state index is 0.164. The normalized spacial score (nSPS) is 11.0. The van der Waals surface area contributed by atoms with Gasteiger partial charge in [0.25, 0.3) is 5.91 Å². The van der Waals surface area contributed by atoms with Gasteiger partial charge < -0.3 is 10.1 Å². The Balaban J connectivity index is 1.35. The van der Waals surface area contributed by atoms with Gasteiger partial charge in [-0.3, -0.25) is 14.0 Å². The van der Waals surface area contributed by atoms with Gasteiger partial charge in [0, 0.05) is 11.6 Å². The van der Waals surface area contributed by atoms with E-state index in [0.29, 0.717) is 4.88 Å². The molecule has 126 valence electrons. The van der Waals surface area contributed by atoms with Crippen LogP contribution >= 0.6 is 22.7 Å². The Labute approximate surface area is 150 Å². The second kappa shape index (κ2) is 6.66. The minimum atomic E-state index is -0.472. The van der Waals surface area contributed by atoms with E-state index >= 15 is 0 Å². The number of fused-ring (bicyclic) bond motifs is 3. The molecule has 0 atom stereocenters. The van der Waals surface area contributed by atoms with E-state index in [9.17, 15) is 9.59 Å². The maximum Gasteiger partial charge on any atom is 0.325 e. The molecule has 1 aromatic carbocycles. The van der Waals surface area contributed by atoms with Crippen LogP contribution in [0.25, 0.3) is 15.3 Å². The molecule has 1 amide bonds. The van der Waals surface area contributed by atoms with E-state index in [0.717, 1.165) is 20.9 Å². The second-order valence-corrected chi connectivity index (χ2v) is 7.20. The van der Waals surface area contributed by atoms with Crippen LogP contribution in [0.15, 0.2) is 48.0 Å². The van der Waals surface area contributed by atoms with Crippen LogP contribution < -0.4 is 5.32 Å². The molecule has 0 saturated heterocycles. The van der Waals surface area contributed by atoms with Gasteiger partial charge in [0.2, 0.25) is 0 Å². The summed E-state index contributed by atoms with van der Waals surface area (Å²) in [5, 5.41) is 4.54. The number of hydrogen-bond donors (Lipinski definition) is 1. The van der Waals surface area contributed by atoms with Gasteiger partial charge in [-0.25, -0.2) is 4.98 Å². The van der Waals surface area contributed by atoms with Crippen molar-refractivity contribution >= 4 is 49.9 Å². The van der Waals surface area contributed by atoms with E-state index < -0.39 is 5.97 Å². The molecule has 4 rings (SSSR count). The highest BCUT2D eigenvalue weighted by molar-refractivity contribution is 7.21. The number of rotatable bonds is 5. The van der Waals surface area contributed by atoms with Crippen molar-refractivity contribution in [1.29, 1.82) is 0 Å². The predicted octanol–water partition coefficient (Wildman–Crippen LogP) is 3.08. The molecule has 0 saturated carbocycles. The molecule has 6 nitrogen and oxygen atoms in total. The van der Waals surface area contributed by atoms with Gasteiger partial charge >= 0.3 is 5.97 Å². The number of esters is 1. The summed E-state index contributed by atoms with van der Waals surface area (Å²) in [4.78, 5) is 30.7. The topological polar surface area (TPSA) is 72.7 Å². The maximum absolute atomic E-state index is 12.2. The molecular weight excluding hydrogens is 358 g/mol. The largest absolute Gasteiger partial charge is 0.460 e. The van der Waals surface area contributed by atoms with Crippen LogP contribution in [0.2, 0.25) is 0 Å². The number of thiazole rings is 1. The number of imidazole rings is 1. The lowest BCUT2D eigenvalue weighted by atomic mass is 10.2. The average molecular weight is 371 g/mol. The fourth-order valence-electron chi connectivity index (χ4n) is 2.39. The summed E-state index contributed by atoms with van der Waals surface area (Å²) in [7, 11) is 0. The lowest BCUT2D eigenvalue weighted by Gasteiger charge is -2.05. The number of hydrogen-bond acceptors (Lipinski definition) is 6. The second-order valence-electron chi connectivity index (χ2n) is 5.30. The third-order valence-electron chi connectivity index (χ3n) is 3.60. The quantitative estimate of drug-likeness (QED) is 0.547. The summed E-state index contributed by atoms with van der Waals surface area (Å²) in [5.41, 5.74) is 1.81. The molecule has 8 heteroatoms. The molecule has 0 spiro atoms. The van der Waals surface area contributed by atoms with E-state index in [-0.39, 0.29) is 19.1 Å². The number of carbonyl (C=O) groups excluding carboxylic acids is 2. The van der Waals surface area contributed by atoms with Crippen molar-refractivity contribution < 1.29 is 14.3 Å². The van der Waals surface area contributed by atoms with Gasteiger partial charge in [-0.1, -0.05) is 30.3 Å². The fourth-order valence-corrected chi connectivity index (χ4v) is 4.10. The Kier molecular flexibility index (Phi) is 4.21. The lowest BCUT2D eigenvalue weighted by molar-refractivity contribution is -0.143. The van der Waals surface area contributed by atoms with Crippen molar-refractivity contribution in [2.45, 2.75) is 6.61 Å². The number of ether oxygens (including phenoxy) is 1. The molecule has 0 aliphatic carbocycles. The molecule has 3 heterocycles. The molecular formula is C17H13N3O3S2. The van der Waals surface area contributed by atoms with E-state index in [1.807, 2.05) is 46.3 Å². The molecule has 3 aromatic heterocycles. The van der Waals surface area contributed by atoms with E-state index in [1.165, 1.54) is 11.3 Å². The first-order valence-corrected chi connectivity index (χ1v) is 9.23. The Morgan fingerprint density at radius 2 is 2.08 bits per heavy atom. The van der Waals surface area contributed by atoms with Crippen LogP contribution in [0.3, 0.4) is 0 Å². The molecule has 0 aliphatic heterocycles. The zero-order chi connectivity index (χ0) is 17.2. The highest BCUT2D eigenvalue weighted by Gasteiger charge is 2.16. The highest BCUT2D eigenvalue weighted by Crippen LogP contribution is 2.28. The van der Waals surface area contributed by atoms with Gasteiger partial charge in [0.1, 0.15) is 18.0 Å². The molecule has 25 heavy (non-hydrogen) atoms. The van der Waals surface area contributed by atoms with Gasteiger partial charge in [-0.05, 0) is 11.6 Å². The third-order valence-corrected chi connectivity index (χ3v) is 5.37. The van der Waals surface area contributed by atoms with Crippen molar-refractivity contribution in [1.82, 2.24) is 14.7 Å². The molecule has 4 aromatic rings. The number of benzene rings is 1. The van der Waals surface area contributed by atoms with Gasteiger partial charge in [0.05, 0.1) is 10.4 Å². The molecule has 1 N–H and O–H groups in total. The standard InChI is InChI=1S/C17H13N3O3S2/c21-14(23-10-11-4-2-1-3-5-11)9-18-15(22)13-8-12-16(25-13)19-17-20(12)6-7-24-17/h1-8H,9-10H2,(H,18,22). The zero-order valence-corrected chi connectivity index (χ0v) is 14.6. The molecule has 0 aliphatic rings. The third kappa shape index (κ3) is 3.26. The van der Waals surface area contributed by atoms with Crippen molar-refractivity contribution in [3.63, 3.8) is 0 Å². The lowest BCUT2D eigenvalue weighted by Crippen LogP contribution is -2.30. The molecule has 0 fully saturated rings. The smallest absolute Gasteiger partial charge is 0.325 e. The molecule has 0 radical (unpaired) electrons. The van der Waals surface area contributed by atoms with Crippen LogP contribution in [0, 0.1) is 0 Å². The maximum atomic E-state index is 12.2. The van der Waals surface area contributed by atoms with Gasteiger partial charge in [-0.15, -0.1) is 22.7 Å². The summed E-state index contributed by atoms with van der Waals surface area (Å²) in [6, 6.07) is 11.2. The average Bonchev–Trinajstić information content (AvgIpc) is 3.30. The summed E-state index contributed by atoms with van der Waals surface area (Å²) in [6.45, 7) is 0.0293. The Morgan fingerprint density at radius 3 is 2.92 bits per heavy atom. The Hall–Kier alpha value is -2.71. The number of nitrogens with one attached hydrogen (secondary N) is 1. The van der Waals surface area contributed by atoms with E-state index in [1.54, 1.807) is 17.4 Å². The van der Waals surface area contributed by atoms with Crippen molar-refractivity contribution in [2.24, 2.45) is 0 Å². The number of carbonyl (C=O) groups is 2.